The second-order valence-electron chi connectivity index (χ2n) is 5.73. The third-order valence-electron chi connectivity index (χ3n) is 3.09. The van der Waals surface area contributed by atoms with Crippen LogP contribution in [-0.4, -0.2) is 22.0 Å². The average Bonchev–Trinajstić information content (AvgIpc) is 2.80. The van der Waals surface area contributed by atoms with Crippen LogP contribution in [-0.2, 0) is 11.3 Å². The molecule has 0 aliphatic heterocycles. The van der Waals surface area contributed by atoms with E-state index in [9.17, 15) is 4.79 Å². The van der Waals surface area contributed by atoms with Crippen LogP contribution in [0, 0.1) is 11.8 Å². The molecule has 0 aliphatic carbocycles. The van der Waals surface area contributed by atoms with Crippen molar-refractivity contribution in [1.29, 1.82) is 0 Å². The highest BCUT2D eigenvalue weighted by Gasteiger charge is 2.15. The Balaban J connectivity index is 2.50. The van der Waals surface area contributed by atoms with Crippen molar-refractivity contribution in [3.63, 3.8) is 0 Å². The zero-order chi connectivity index (χ0) is 14.4. The van der Waals surface area contributed by atoms with Gasteiger partial charge in [0.2, 0.25) is 5.91 Å². The number of hydrogen-bond acceptors (Lipinski definition) is 3. The lowest BCUT2D eigenvalue weighted by molar-refractivity contribution is -0.121. The minimum Gasteiger partial charge on any atom is -0.356 e. The predicted molar refractivity (Wildman–Crippen MR) is 76.5 cm³/mol. The lowest BCUT2D eigenvalue weighted by Gasteiger charge is -2.17. The molecule has 0 aliphatic rings. The second-order valence-corrected chi connectivity index (χ2v) is 5.73. The van der Waals surface area contributed by atoms with Gasteiger partial charge in [-0.15, -0.1) is 0 Å². The molecule has 1 atom stereocenters. The molecule has 5 heteroatoms. The fourth-order valence-electron chi connectivity index (χ4n) is 1.77. The van der Waals surface area contributed by atoms with E-state index in [-0.39, 0.29) is 11.9 Å². The monoisotopic (exact) mass is 266 g/mol. The van der Waals surface area contributed by atoms with Crippen LogP contribution in [0.4, 0.5) is 0 Å². The van der Waals surface area contributed by atoms with Gasteiger partial charge in [0, 0.05) is 31.7 Å². The largest absolute Gasteiger partial charge is 0.356 e. The summed E-state index contributed by atoms with van der Waals surface area (Å²) in [4.78, 5) is 15.8. The number of aryl methyl sites for hydroxylation is 1. The fourth-order valence-corrected chi connectivity index (χ4v) is 1.77. The standard InChI is InChI=1S/C14H26N4O/c1-10(2)7-17-13(19)5-6-18-9-16-8-12(18)14(15)11(3)4/h8-11,14H,5-7,15H2,1-4H3,(H,17,19). The van der Waals surface area contributed by atoms with Gasteiger partial charge >= 0.3 is 0 Å². The Bertz CT molecular complexity index is 398. The summed E-state index contributed by atoms with van der Waals surface area (Å²) in [5.74, 6) is 0.902. The molecule has 0 radical (unpaired) electrons. The van der Waals surface area contributed by atoms with Crippen molar-refractivity contribution in [1.82, 2.24) is 14.9 Å². The van der Waals surface area contributed by atoms with E-state index in [0.29, 0.717) is 24.8 Å². The number of nitrogens with one attached hydrogen (secondary N) is 1. The van der Waals surface area contributed by atoms with E-state index in [0.717, 1.165) is 12.2 Å². The highest BCUT2D eigenvalue weighted by atomic mass is 16.1. The van der Waals surface area contributed by atoms with Gasteiger partial charge in [-0.2, -0.15) is 0 Å². The van der Waals surface area contributed by atoms with Crippen LogP contribution < -0.4 is 11.1 Å². The minimum atomic E-state index is -0.0405. The van der Waals surface area contributed by atoms with Crippen LogP contribution in [0.3, 0.4) is 0 Å². The topological polar surface area (TPSA) is 72.9 Å². The van der Waals surface area contributed by atoms with Crippen LogP contribution in [0.5, 0.6) is 0 Å². The number of nitrogens with two attached hydrogens (primary N) is 1. The van der Waals surface area contributed by atoms with Crippen molar-refractivity contribution in [3.8, 4) is 0 Å². The van der Waals surface area contributed by atoms with Crippen molar-refractivity contribution in [2.45, 2.75) is 46.7 Å². The molecule has 0 aromatic carbocycles. The SMILES string of the molecule is CC(C)CNC(=O)CCn1cncc1C(N)C(C)C. The van der Waals surface area contributed by atoms with Gasteiger partial charge in [-0.05, 0) is 11.8 Å². The molecular formula is C14H26N4O. The van der Waals surface area contributed by atoms with Gasteiger partial charge in [-0.1, -0.05) is 27.7 Å². The van der Waals surface area contributed by atoms with Gasteiger partial charge in [0.1, 0.15) is 0 Å². The molecule has 1 aromatic rings. The summed E-state index contributed by atoms with van der Waals surface area (Å²) in [6.07, 6.45) is 3.99. The zero-order valence-corrected chi connectivity index (χ0v) is 12.4. The van der Waals surface area contributed by atoms with E-state index in [1.54, 1.807) is 12.5 Å². The molecule has 0 bridgehead atoms. The first-order chi connectivity index (χ1) is 8.91. The Labute approximate surface area is 115 Å². The summed E-state index contributed by atoms with van der Waals surface area (Å²) in [6.45, 7) is 9.67. The average molecular weight is 266 g/mol. The van der Waals surface area contributed by atoms with Crippen molar-refractivity contribution in [2.24, 2.45) is 17.6 Å². The van der Waals surface area contributed by atoms with E-state index >= 15 is 0 Å². The number of rotatable bonds is 7. The summed E-state index contributed by atoms with van der Waals surface area (Å²) in [7, 11) is 0. The maximum atomic E-state index is 11.7. The van der Waals surface area contributed by atoms with E-state index in [1.807, 2.05) is 4.57 Å². The Morgan fingerprint density at radius 1 is 1.42 bits per heavy atom. The Hall–Kier alpha value is -1.36. The molecule has 3 N–H and O–H groups in total. The van der Waals surface area contributed by atoms with Gasteiger partial charge in [0.05, 0.1) is 12.0 Å². The normalized spacial score (nSPS) is 13.0. The van der Waals surface area contributed by atoms with Crippen LogP contribution in [0.25, 0.3) is 0 Å². The summed E-state index contributed by atoms with van der Waals surface area (Å²) >= 11 is 0. The van der Waals surface area contributed by atoms with Crippen molar-refractivity contribution in [2.75, 3.05) is 6.54 Å². The van der Waals surface area contributed by atoms with E-state index < -0.39 is 0 Å². The molecule has 1 aromatic heterocycles. The van der Waals surface area contributed by atoms with E-state index in [1.165, 1.54) is 0 Å². The molecule has 0 spiro atoms. The number of aromatic nitrogens is 2. The quantitative estimate of drug-likeness (QED) is 0.789. The third kappa shape index (κ3) is 5.03. The highest BCUT2D eigenvalue weighted by molar-refractivity contribution is 5.75. The lowest BCUT2D eigenvalue weighted by Crippen LogP contribution is -2.28. The molecule has 1 unspecified atom stereocenters. The first-order valence-electron chi connectivity index (χ1n) is 6.94. The molecular weight excluding hydrogens is 240 g/mol. The number of nitrogens with zero attached hydrogens (tertiary/aromatic N) is 2. The summed E-state index contributed by atoms with van der Waals surface area (Å²) < 4.78 is 1.97. The predicted octanol–water partition coefficient (Wildman–Crippen LogP) is 1.70. The Morgan fingerprint density at radius 2 is 2.11 bits per heavy atom. The van der Waals surface area contributed by atoms with Crippen LogP contribution in [0.15, 0.2) is 12.5 Å². The second kappa shape index (κ2) is 7.28. The van der Waals surface area contributed by atoms with Crippen molar-refractivity contribution >= 4 is 5.91 Å². The summed E-state index contributed by atoms with van der Waals surface area (Å²) in [6, 6.07) is -0.0405. The molecule has 0 fully saturated rings. The first kappa shape index (κ1) is 15.7. The van der Waals surface area contributed by atoms with Gasteiger partial charge in [0.25, 0.3) is 0 Å². The number of hydrogen-bond donors (Lipinski definition) is 2. The first-order valence-corrected chi connectivity index (χ1v) is 6.94. The summed E-state index contributed by atoms with van der Waals surface area (Å²) in [5, 5.41) is 2.91. The molecule has 108 valence electrons. The lowest BCUT2D eigenvalue weighted by atomic mass is 10.0. The van der Waals surface area contributed by atoms with Gasteiger partial charge < -0.3 is 15.6 Å². The molecule has 5 nitrogen and oxygen atoms in total. The van der Waals surface area contributed by atoms with Gasteiger partial charge in [-0.25, -0.2) is 4.98 Å². The zero-order valence-electron chi connectivity index (χ0n) is 12.4. The van der Waals surface area contributed by atoms with E-state index in [4.69, 9.17) is 5.73 Å². The van der Waals surface area contributed by atoms with Crippen LogP contribution >= 0.6 is 0 Å². The maximum Gasteiger partial charge on any atom is 0.221 e. The van der Waals surface area contributed by atoms with Gasteiger partial charge in [-0.3, -0.25) is 4.79 Å². The Morgan fingerprint density at radius 3 is 2.68 bits per heavy atom. The molecule has 1 heterocycles. The maximum absolute atomic E-state index is 11.7. The fraction of sp³-hybridized carbons (Fsp3) is 0.714. The highest BCUT2D eigenvalue weighted by Crippen LogP contribution is 2.18. The molecule has 0 saturated carbocycles. The number of imidazole rings is 1. The number of amides is 1. The smallest absolute Gasteiger partial charge is 0.221 e. The van der Waals surface area contributed by atoms with Crippen molar-refractivity contribution < 1.29 is 4.79 Å². The third-order valence-corrected chi connectivity index (χ3v) is 3.09. The van der Waals surface area contributed by atoms with Crippen molar-refractivity contribution in [3.05, 3.63) is 18.2 Å². The molecule has 19 heavy (non-hydrogen) atoms. The Kier molecular flexibility index (Phi) is 6.02. The van der Waals surface area contributed by atoms with Crippen LogP contribution in [0.2, 0.25) is 0 Å². The minimum absolute atomic E-state index is 0.0405. The number of carbonyl (C=O) groups is 1. The van der Waals surface area contributed by atoms with Gasteiger partial charge in [0.15, 0.2) is 0 Å². The van der Waals surface area contributed by atoms with E-state index in [2.05, 4.69) is 38.0 Å². The summed E-state index contributed by atoms with van der Waals surface area (Å²) in [5.41, 5.74) is 7.12. The number of carbonyl (C=O) groups excluding carboxylic acids is 1. The molecule has 1 amide bonds. The van der Waals surface area contributed by atoms with Crippen LogP contribution in [0.1, 0.15) is 45.9 Å². The molecule has 1 rings (SSSR count). The molecule has 0 saturated heterocycles.